The van der Waals surface area contributed by atoms with Crippen molar-refractivity contribution in [2.24, 2.45) is 0 Å². The molecule has 1 unspecified atom stereocenters. The molecule has 178 valence electrons. The largest absolute Gasteiger partial charge is 0.493 e. The first-order chi connectivity index (χ1) is 16.8. The molecule has 5 heteroatoms. The van der Waals surface area contributed by atoms with Gasteiger partial charge in [-0.25, -0.2) is 0 Å². The lowest BCUT2D eigenvalue weighted by atomic mass is 10.0. The van der Waals surface area contributed by atoms with Gasteiger partial charge in [0.15, 0.2) is 11.5 Å². The Kier molecular flexibility index (Phi) is 7.30. The zero-order chi connectivity index (χ0) is 23.2. The molecule has 5 rings (SSSR count). The minimum Gasteiger partial charge on any atom is -0.493 e. The Hall–Kier alpha value is -3.05. The second-order valence-corrected chi connectivity index (χ2v) is 9.44. The zero-order valence-electron chi connectivity index (χ0n) is 20.1. The highest BCUT2D eigenvalue weighted by Gasteiger charge is 2.28. The van der Waals surface area contributed by atoms with Gasteiger partial charge in [0.05, 0.1) is 18.9 Å². The fraction of sp³-hybridized carbons (Fsp3) is 0.414. The predicted molar refractivity (Wildman–Crippen MR) is 137 cm³/mol. The highest BCUT2D eigenvalue weighted by atomic mass is 16.5. The van der Waals surface area contributed by atoms with Gasteiger partial charge >= 0.3 is 0 Å². The molecule has 5 nitrogen and oxygen atoms in total. The highest BCUT2D eigenvalue weighted by Crippen LogP contribution is 2.36. The third-order valence-corrected chi connectivity index (χ3v) is 7.12. The molecule has 2 heterocycles. The van der Waals surface area contributed by atoms with Gasteiger partial charge in [-0.05, 0) is 61.9 Å². The standard InChI is InChI=1S/C29H35N3O2/c1-33-28-15-14-25(20-29(28)34-27-12-5-6-13-27)32-18-17-31(21-24-11-7-8-16-30-24)26(22-32)19-23-9-3-2-4-10-23/h2-4,7-11,14-16,20,26-27H,5-6,12-13,17-19,21-22H2,1H3. The molecule has 0 bridgehead atoms. The number of nitrogens with zero attached hydrogens (tertiary/aromatic N) is 3. The zero-order valence-corrected chi connectivity index (χ0v) is 20.1. The van der Waals surface area contributed by atoms with E-state index in [4.69, 9.17) is 9.47 Å². The number of ether oxygens (including phenoxy) is 2. The summed E-state index contributed by atoms with van der Waals surface area (Å²) in [6.07, 6.45) is 8.01. The Morgan fingerprint density at radius 2 is 1.74 bits per heavy atom. The third-order valence-electron chi connectivity index (χ3n) is 7.12. The Balaban J connectivity index is 1.35. The fourth-order valence-electron chi connectivity index (χ4n) is 5.26. The van der Waals surface area contributed by atoms with Gasteiger partial charge < -0.3 is 14.4 Å². The van der Waals surface area contributed by atoms with E-state index in [1.165, 1.54) is 24.1 Å². The summed E-state index contributed by atoms with van der Waals surface area (Å²) in [5.74, 6) is 1.70. The Bertz CT molecular complexity index is 1040. The maximum absolute atomic E-state index is 6.38. The van der Waals surface area contributed by atoms with Crippen LogP contribution < -0.4 is 14.4 Å². The number of hydrogen-bond acceptors (Lipinski definition) is 5. The van der Waals surface area contributed by atoms with E-state index in [0.717, 1.165) is 62.6 Å². The van der Waals surface area contributed by atoms with Crippen molar-refractivity contribution in [1.82, 2.24) is 9.88 Å². The van der Waals surface area contributed by atoms with E-state index in [-0.39, 0.29) is 0 Å². The van der Waals surface area contributed by atoms with Crippen molar-refractivity contribution in [2.75, 3.05) is 31.6 Å². The molecule has 1 atom stereocenters. The summed E-state index contributed by atoms with van der Waals surface area (Å²) in [6, 6.07) is 23.8. The van der Waals surface area contributed by atoms with Gasteiger partial charge in [-0.15, -0.1) is 0 Å². The molecular formula is C29H35N3O2. The van der Waals surface area contributed by atoms with Crippen molar-refractivity contribution in [3.8, 4) is 11.5 Å². The van der Waals surface area contributed by atoms with Gasteiger partial charge in [-0.1, -0.05) is 36.4 Å². The van der Waals surface area contributed by atoms with Gasteiger partial charge in [0.25, 0.3) is 0 Å². The third kappa shape index (κ3) is 5.53. The van der Waals surface area contributed by atoms with E-state index in [1.54, 1.807) is 7.11 Å². The summed E-state index contributed by atoms with van der Waals surface area (Å²) in [6.45, 7) is 3.83. The molecule has 0 amide bonds. The first-order valence-corrected chi connectivity index (χ1v) is 12.6. The van der Waals surface area contributed by atoms with Crippen molar-refractivity contribution in [3.63, 3.8) is 0 Å². The van der Waals surface area contributed by atoms with E-state index in [2.05, 4.69) is 75.4 Å². The van der Waals surface area contributed by atoms with Crippen molar-refractivity contribution < 1.29 is 9.47 Å². The molecule has 1 saturated heterocycles. The summed E-state index contributed by atoms with van der Waals surface area (Å²) in [7, 11) is 1.72. The van der Waals surface area contributed by atoms with Crippen molar-refractivity contribution in [3.05, 3.63) is 84.2 Å². The first-order valence-electron chi connectivity index (χ1n) is 12.6. The molecule has 2 fully saturated rings. The average Bonchev–Trinajstić information content (AvgIpc) is 3.39. The summed E-state index contributed by atoms with van der Waals surface area (Å²) in [5.41, 5.74) is 3.72. The molecule has 0 N–H and O–H groups in total. The molecule has 34 heavy (non-hydrogen) atoms. The lowest BCUT2D eigenvalue weighted by Gasteiger charge is -2.42. The highest BCUT2D eigenvalue weighted by molar-refractivity contribution is 5.57. The van der Waals surface area contributed by atoms with Crippen LogP contribution in [0.2, 0.25) is 0 Å². The molecule has 0 radical (unpaired) electrons. The van der Waals surface area contributed by atoms with Crippen LogP contribution in [-0.2, 0) is 13.0 Å². The first kappa shape index (κ1) is 22.7. The summed E-state index contributed by atoms with van der Waals surface area (Å²) >= 11 is 0. The monoisotopic (exact) mass is 457 g/mol. The van der Waals surface area contributed by atoms with Crippen molar-refractivity contribution in [2.45, 2.75) is 50.8 Å². The average molecular weight is 458 g/mol. The van der Waals surface area contributed by atoms with E-state index in [0.29, 0.717) is 12.1 Å². The molecule has 2 aliphatic rings. The summed E-state index contributed by atoms with van der Waals surface area (Å²) in [4.78, 5) is 9.68. The Morgan fingerprint density at radius 1 is 0.912 bits per heavy atom. The second-order valence-electron chi connectivity index (χ2n) is 9.44. The Morgan fingerprint density at radius 3 is 2.50 bits per heavy atom. The lowest BCUT2D eigenvalue weighted by Crippen LogP contribution is -2.53. The Labute approximate surface area is 203 Å². The number of aromatic nitrogens is 1. The molecule has 0 spiro atoms. The molecule has 1 aliphatic heterocycles. The van der Waals surface area contributed by atoms with Crippen molar-refractivity contribution >= 4 is 5.69 Å². The van der Waals surface area contributed by atoms with E-state index in [9.17, 15) is 0 Å². The molecule has 1 aromatic heterocycles. The van der Waals surface area contributed by atoms with Crippen LogP contribution in [0.15, 0.2) is 72.9 Å². The molecule has 3 aromatic rings. The molecule has 2 aromatic carbocycles. The molecular weight excluding hydrogens is 422 g/mol. The predicted octanol–water partition coefficient (Wildman–Crippen LogP) is 5.35. The van der Waals surface area contributed by atoms with E-state index in [1.807, 2.05) is 12.3 Å². The van der Waals surface area contributed by atoms with E-state index < -0.39 is 0 Å². The smallest absolute Gasteiger partial charge is 0.163 e. The molecule has 1 aliphatic carbocycles. The van der Waals surface area contributed by atoms with Gasteiger partial charge in [0.1, 0.15) is 0 Å². The summed E-state index contributed by atoms with van der Waals surface area (Å²) < 4.78 is 12.0. The minimum absolute atomic E-state index is 0.310. The number of pyridine rings is 1. The van der Waals surface area contributed by atoms with Crippen LogP contribution in [0.1, 0.15) is 36.9 Å². The van der Waals surface area contributed by atoms with Gasteiger partial charge in [-0.3, -0.25) is 9.88 Å². The van der Waals surface area contributed by atoms with Crippen LogP contribution in [0.25, 0.3) is 0 Å². The van der Waals surface area contributed by atoms with Crippen LogP contribution in [0.4, 0.5) is 5.69 Å². The lowest BCUT2D eigenvalue weighted by molar-refractivity contribution is 0.165. The normalized spacial score (nSPS) is 19.3. The van der Waals surface area contributed by atoms with Crippen LogP contribution in [0.3, 0.4) is 0 Å². The van der Waals surface area contributed by atoms with Crippen LogP contribution >= 0.6 is 0 Å². The van der Waals surface area contributed by atoms with E-state index >= 15 is 0 Å². The summed E-state index contributed by atoms with van der Waals surface area (Å²) in [5, 5.41) is 0. The molecule has 1 saturated carbocycles. The maximum atomic E-state index is 6.38. The fourth-order valence-corrected chi connectivity index (χ4v) is 5.26. The minimum atomic E-state index is 0.310. The van der Waals surface area contributed by atoms with Crippen LogP contribution in [0, 0.1) is 0 Å². The number of hydrogen-bond donors (Lipinski definition) is 0. The number of piperazine rings is 1. The van der Waals surface area contributed by atoms with Crippen LogP contribution in [0.5, 0.6) is 11.5 Å². The maximum Gasteiger partial charge on any atom is 0.163 e. The SMILES string of the molecule is COc1ccc(N2CCN(Cc3ccccn3)C(Cc3ccccc3)C2)cc1OC1CCCC1. The van der Waals surface area contributed by atoms with Gasteiger partial charge in [-0.2, -0.15) is 0 Å². The van der Waals surface area contributed by atoms with Crippen LogP contribution in [-0.4, -0.2) is 48.8 Å². The van der Waals surface area contributed by atoms with Gasteiger partial charge in [0, 0.05) is 50.2 Å². The number of anilines is 1. The quantitative estimate of drug-likeness (QED) is 0.456. The van der Waals surface area contributed by atoms with Gasteiger partial charge in [0.2, 0.25) is 0 Å². The number of benzene rings is 2. The topological polar surface area (TPSA) is 37.8 Å². The van der Waals surface area contributed by atoms with Crippen molar-refractivity contribution in [1.29, 1.82) is 0 Å². The second kappa shape index (κ2) is 10.9. The number of methoxy groups -OCH3 is 1. The number of rotatable bonds is 8.